The van der Waals surface area contributed by atoms with Gasteiger partial charge in [-0.3, -0.25) is 0 Å². The van der Waals surface area contributed by atoms with Gasteiger partial charge in [0.05, 0.1) is 24.2 Å². The van der Waals surface area contributed by atoms with Crippen LogP contribution in [0.4, 0.5) is 0 Å². The van der Waals surface area contributed by atoms with Crippen molar-refractivity contribution in [1.29, 1.82) is 0 Å². The molecule has 1 rings (SSSR count). The molecule has 0 fully saturated rings. The van der Waals surface area contributed by atoms with Crippen LogP contribution in [0.3, 0.4) is 0 Å². The number of aromatic hydroxyl groups is 1. The first-order valence-corrected chi connectivity index (χ1v) is 4.82. The van der Waals surface area contributed by atoms with E-state index >= 15 is 0 Å². The highest BCUT2D eigenvalue weighted by Gasteiger charge is 2.13. The van der Waals surface area contributed by atoms with Gasteiger partial charge in [-0.05, 0) is 28.1 Å². The van der Waals surface area contributed by atoms with Crippen molar-refractivity contribution >= 4 is 15.9 Å². The fourth-order valence-electron chi connectivity index (χ4n) is 1.11. The Morgan fingerprint density at radius 3 is 2.71 bits per heavy atom. The van der Waals surface area contributed by atoms with Crippen molar-refractivity contribution in [1.82, 2.24) is 0 Å². The number of aliphatic hydroxyl groups is 1. The van der Waals surface area contributed by atoms with Gasteiger partial charge in [0.25, 0.3) is 0 Å². The quantitative estimate of drug-likeness (QED) is 0.763. The molecule has 0 spiro atoms. The maximum absolute atomic E-state index is 9.54. The van der Waals surface area contributed by atoms with Crippen LogP contribution in [0.5, 0.6) is 11.5 Å². The number of benzene rings is 1. The molecule has 78 valence electrons. The average molecular weight is 262 g/mol. The molecular weight excluding hydrogens is 250 g/mol. The fraction of sp³-hybridized carbons (Fsp3) is 0.333. The Bertz CT molecular complexity index is 330. The van der Waals surface area contributed by atoms with E-state index in [1.165, 1.54) is 13.2 Å². The standard InChI is InChI=1S/C9H12BrNO3/c1-14-9-2-5(7(11)4-12)8(13)3-6(9)10/h2-3,7,12-13H,4,11H2,1H3. The van der Waals surface area contributed by atoms with Gasteiger partial charge in [0, 0.05) is 5.56 Å². The first kappa shape index (κ1) is 11.3. The van der Waals surface area contributed by atoms with Gasteiger partial charge in [-0.2, -0.15) is 0 Å². The Balaban J connectivity index is 3.17. The van der Waals surface area contributed by atoms with Gasteiger partial charge in [0.1, 0.15) is 11.5 Å². The summed E-state index contributed by atoms with van der Waals surface area (Å²) in [7, 11) is 1.52. The van der Waals surface area contributed by atoms with Gasteiger partial charge >= 0.3 is 0 Å². The van der Waals surface area contributed by atoms with Crippen molar-refractivity contribution < 1.29 is 14.9 Å². The van der Waals surface area contributed by atoms with Crippen LogP contribution in [-0.2, 0) is 0 Å². The van der Waals surface area contributed by atoms with Crippen LogP contribution in [0.15, 0.2) is 16.6 Å². The second-order valence-corrected chi connectivity index (χ2v) is 3.69. The molecule has 0 bridgehead atoms. The number of ether oxygens (including phenoxy) is 1. The van der Waals surface area contributed by atoms with Gasteiger partial charge in [-0.25, -0.2) is 0 Å². The van der Waals surface area contributed by atoms with Crippen LogP contribution < -0.4 is 10.5 Å². The van der Waals surface area contributed by atoms with Crippen LogP contribution in [0.2, 0.25) is 0 Å². The molecule has 0 saturated carbocycles. The minimum atomic E-state index is -0.600. The van der Waals surface area contributed by atoms with Crippen LogP contribution >= 0.6 is 15.9 Å². The largest absolute Gasteiger partial charge is 0.508 e. The molecule has 14 heavy (non-hydrogen) atoms. The molecule has 0 aliphatic carbocycles. The van der Waals surface area contributed by atoms with Crippen molar-refractivity contribution in [2.24, 2.45) is 5.73 Å². The summed E-state index contributed by atoms with van der Waals surface area (Å²) in [5, 5.41) is 18.4. The Hall–Kier alpha value is -0.780. The van der Waals surface area contributed by atoms with E-state index < -0.39 is 6.04 Å². The van der Waals surface area contributed by atoms with Gasteiger partial charge in [0.15, 0.2) is 0 Å². The molecule has 0 aliphatic rings. The van der Waals surface area contributed by atoms with Crippen molar-refractivity contribution in [3.63, 3.8) is 0 Å². The maximum atomic E-state index is 9.54. The number of halogens is 1. The van der Waals surface area contributed by atoms with Crippen LogP contribution in [0, 0.1) is 0 Å². The van der Waals surface area contributed by atoms with E-state index in [9.17, 15) is 5.11 Å². The molecule has 0 aliphatic heterocycles. The van der Waals surface area contributed by atoms with Gasteiger partial charge in [-0.15, -0.1) is 0 Å². The Labute approximate surface area is 90.4 Å². The molecular formula is C9H12BrNO3. The number of phenols is 1. The first-order valence-electron chi connectivity index (χ1n) is 4.03. The molecule has 5 heteroatoms. The summed E-state index contributed by atoms with van der Waals surface area (Å²) in [4.78, 5) is 0. The summed E-state index contributed by atoms with van der Waals surface area (Å²) in [6, 6.07) is 2.49. The molecule has 1 unspecified atom stereocenters. The number of phenolic OH excluding ortho intramolecular Hbond substituents is 1. The minimum Gasteiger partial charge on any atom is -0.508 e. The number of hydrogen-bond donors (Lipinski definition) is 3. The molecule has 0 amide bonds. The van der Waals surface area contributed by atoms with E-state index in [0.717, 1.165) is 0 Å². The third-order valence-corrected chi connectivity index (χ3v) is 2.52. The highest BCUT2D eigenvalue weighted by atomic mass is 79.9. The number of methoxy groups -OCH3 is 1. The summed E-state index contributed by atoms with van der Waals surface area (Å²) >= 11 is 3.22. The zero-order valence-electron chi connectivity index (χ0n) is 7.70. The Kier molecular flexibility index (Phi) is 3.74. The molecule has 1 aromatic rings. The maximum Gasteiger partial charge on any atom is 0.133 e. The first-order chi connectivity index (χ1) is 6.60. The molecule has 0 aromatic heterocycles. The number of nitrogens with two attached hydrogens (primary N) is 1. The fourth-order valence-corrected chi connectivity index (χ4v) is 1.60. The highest BCUT2D eigenvalue weighted by Crippen LogP contribution is 2.34. The molecule has 0 heterocycles. The van der Waals surface area contributed by atoms with Crippen LogP contribution in [0.25, 0.3) is 0 Å². The smallest absolute Gasteiger partial charge is 0.133 e. The summed E-state index contributed by atoms with van der Waals surface area (Å²) in [5.41, 5.74) is 6.05. The molecule has 0 radical (unpaired) electrons. The average Bonchev–Trinajstić information content (AvgIpc) is 2.17. The predicted molar refractivity (Wildman–Crippen MR) is 56.4 cm³/mol. The van der Waals surface area contributed by atoms with E-state index in [4.69, 9.17) is 15.6 Å². The summed E-state index contributed by atoms with van der Waals surface area (Å²) < 4.78 is 5.68. The Morgan fingerprint density at radius 1 is 1.57 bits per heavy atom. The lowest BCUT2D eigenvalue weighted by atomic mass is 10.1. The molecule has 0 saturated heterocycles. The molecule has 1 aromatic carbocycles. The van der Waals surface area contributed by atoms with Crippen molar-refractivity contribution in [3.8, 4) is 11.5 Å². The lowest BCUT2D eigenvalue weighted by Crippen LogP contribution is -2.14. The van der Waals surface area contributed by atoms with E-state index in [1.807, 2.05) is 0 Å². The zero-order valence-corrected chi connectivity index (χ0v) is 9.28. The lowest BCUT2D eigenvalue weighted by molar-refractivity contribution is 0.265. The van der Waals surface area contributed by atoms with Gasteiger partial charge in [0.2, 0.25) is 0 Å². The van der Waals surface area contributed by atoms with Crippen molar-refractivity contribution in [2.45, 2.75) is 6.04 Å². The minimum absolute atomic E-state index is 0.0409. The second kappa shape index (κ2) is 4.63. The van der Waals surface area contributed by atoms with E-state index in [-0.39, 0.29) is 12.4 Å². The Morgan fingerprint density at radius 2 is 2.21 bits per heavy atom. The highest BCUT2D eigenvalue weighted by molar-refractivity contribution is 9.10. The SMILES string of the molecule is COc1cc(C(N)CO)c(O)cc1Br. The molecule has 4 N–H and O–H groups in total. The second-order valence-electron chi connectivity index (χ2n) is 2.83. The van der Waals surface area contributed by atoms with Gasteiger partial charge < -0.3 is 20.7 Å². The summed E-state index contributed by atoms with van der Waals surface area (Å²) in [5.74, 6) is 0.612. The topological polar surface area (TPSA) is 75.7 Å². The number of hydrogen-bond acceptors (Lipinski definition) is 4. The molecule has 1 atom stereocenters. The van der Waals surface area contributed by atoms with Gasteiger partial charge in [-0.1, -0.05) is 0 Å². The normalized spacial score (nSPS) is 12.6. The van der Waals surface area contributed by atoms with Crippen LogP contribution in [-0.4, -0.2) is 23.9 Å². The molecule has 4 nitrogen and oxygen atoms in total. The monoisotopic (exact) mass is 261 g/mol. The van der Waals surface area contributed by atoms with Crippen LogP contribution in [0.1, 0.15) is 11.6 Å². The zero-order chi connectivity index (χ0) is 10.7. The lowest BCUT2D eigenvalue weighted by Gasteiger charge is -2.13. The van der Waals surface area contributed by atoms with E-state index in [1.54, 1.807) is 6.07 Å². The van der Waals surface area contributed by atoms with E-state index in [2.05, 4.69) is 15.9 Å². The predicted octanol–water partition coefficient (Wildman–Crippen LogP) is 1.16. The number of aliphatic hydroxyl groups excluding tert-OH is 1. The van der Waals surface area contributed by atoms with E-state index in [0.29, 0.717) is 15.8 Å². The summed E-state index contributed by atoms with van der Waals surface area (Å²) in [6.45, 7) is -0.224. The third kappa shape index (κ3) is 2.17. The van der Waals surface area contributed by atoms with Crippen molar-refractivity contribution in [3.05, 3.63) is 22.2 Å². The number of rotatable bonds is 3. The van der Waals surface area contributed by atoms with Crippen molar-refractivity contribution in [2.75, 3.05) is 13.7 Å². The summed E-state index contributed by atoms with van der Waals surface area (Å²) in [6.07, 6.45) is 0. The third-order valence-electron chi connectivity index (χ3n) is 1.90.